The molecule has 1 aliphatic heterocycles. The second-order valence-corrected chi connectivity index (χ2v) is 4.56. The number of amides is 1. The molecule has 92 valence electrons. The molecule has 1 saturated heterocycles. The highest BCUT2D eigenvalue weighted by molar-refractivity contribution is 5.96. The third kappa shape index (κ3) is 2.50. The van der Waals surface area contributed by atoms with Crippen LogP contribution in [0.25, 0.3) is 0 Å². The maximum Gasteiger partial charge on any atom is 0.254 e. The molecule has 1 atom stereocenters. The molecule has 3 heteroatoms. The molecule has 1 aromatic rings. The van der Waals surface area contributed by atoms with Crippen LogP contribution in [0.1, 0.15) is 28.8 Å². The third-order valence-electron chi connectivity index (χ3n) is 3.37. The molecule has 0 spiro atoms. The number of methoxy groups -OCH3 is 1. The van der Waals surface area contributed by atoms with Gasteiger partial charge in [0.1, 0.15) is 0 Å². The summed E-state index contributed by atoms with van der Waals surface area (Å²) in [5, 5.41) is 0. The van der Waals surface area contributed by atoms with Crippen molar-refractivity contribution in [3.63, 3.8) is 0 Å². The van der Waals surface area contributed by atoms with Gasteiger partial charge in [-0.25, -0.2) is 0 Å². The zero-order valence-corrected chi connectivity index (χ0v) is 10.5. The van der Waals surface area contributed by atoms with Gasteiger partial charge in [-0.3, -0.25) is 4.79 Å². The summed E-state index contributed by atoms with van der Waals surface area (Å²) in [6.45, 7) is 3.47. The summed E-state index contributed by atoms with van der Waals surface area (Å²) in [6, 6.07) is 8.01. The number of carbonyl (C=O) groups excluding carboxylic acids is 1. The maximum atomic E-state index is 12.4. The zero-order valence-electron chi connectivity index (χ0n) is 10.5. The van der Waals surface area contributed by atoms with Gasteiger partial charge in [-0.1, -0.05) is 18.2 Å². The Hall–Kier alpha value is -1.35. The van der Waals surface area contributed by atoms with E-state index >= 15 is 0 Å². The SMILES string of the molecule is COCC1CCCN1C(=O)c1ccccc1C. The number of carbonyl (C=O) groups is 1. The Morgan fingerprint density at radius 1 is 1.47 bits per heavy atom. The van der Waals surface area contributed by atoms with E-state index in [2.05, 4.69) is 0 Å². The maximum absolute atomic E-state index is 12.4. The van der Waals surface area contributed by atoms with Gasteiger partial charge in [0.25, 0.3) is 5.91 Å². The number of nitrogens with zero attached hydrogens (tertiary/aromatic N) is 1. The van der Waals surface area contributed by atoms with Crippen LogP contribution in [0, 0.1) is 6.92 Å². The Kier molecular flexibility index (Phi) is 3.79. The standard InChI is InChI=1S/C14H19NO2/c1-11-6-3-4-8-13(11)14(16)15-9-5-7-12(15)10-17-2/h3-4,6,8,12H,5,7,9-10H2,1-2H3. The van der Waals surface area contributed by atoms with E-state index in [0.717, 1.165) is 30.5 Å². The molecule has 0 aromatic heterocycles. The largest absolute Gasteiger partial charge is 0.383 e. The molecule has 1 aromatic carbocycles. The minimum atomic E-state index is 0.141. The van der Waals surface area contributed by atoms with Gasteiger partial charge in [-0.2, -0.15) is 0 Å². The number of hydrogen-bond acceptors (Lipinski definition) is 2. The van der Waals surface area contributed by atoms with E-state index < -0.39 is 0 Å². The van der Waals surface area contributed by atoms with Crippen molar-refractivity contribution in [1.82, 2.24) is 4.90 Å². The third-order valence-corrected chi connectivity index (χ3v) is 3.37. The molecule has 0 radical (unpaired) electrons. The fraction of sp³-hybridized carbons (Fsp3) is 0.500. The topological polar surface area (TPSA) is 29.5 Å². The van der Waals surface area contributed by atoms with E-state index in [1.54, 1.807) is 7.11 Å². The first-order chi connectivity index (χ1) is 8.24. The van der Waals surface area contributed by atoms with Crippen LogP contribution >= 0.6 is 0 Å². The lowest BCUT2D eigenvalue weighted by molar-refractivity contribution is 0.0630. The van der Waals surface area contributed by atoms with E-state index in [9.17, 15) is 4.79 Å². The molecule has 2 rings (SSSR count). The highest BCUT2D eigenvalue weighted by Gasteiger charge is 2.29. The van der Waals surface area contributed by atoms with Gasteiger partial charge in [0.2, 0.25) is 0 Å². The minimum absolute atomic E-state index is 0.141. The smallest absolute Gasteiger partial charge is 0.254 e. The number of rotatable bonds is 3. The lowest BCUT2D eigenvalue weighted by atomic mass is 10.1. The normalized spacial score (nSPS) is 19.6. The molecular weight excluding hydrogens is 214 g/mol. The summed E-state index contributed by atoms with van der Waals surface area (Å²) in [5.41, 5.74) is 1.86. The molecule has 1 amide bonds. The van der Waals surface area contributed by atoms with Gasteiger partial charge in [0, 0.05) is 19.2 Å². The van der Waals surface area contributed by atoms with Crippen molar-refractivity contribution in [1.29, 1.82) is 0 Å². The highest BCUT2D eigenvalue weighted by atomic mass is 16.5. The monoisotopic (exact) mass is 233 g/mol. The lowest BCUT2D eigenvalue weighted by Gasteiger charge is -2.24. The van der Waals surface area contributed by atoms with E-state index in [4.69, 9.17) is 4.74 Å². The minimum Gasteiger partial charge on any atom is -0.383 e. The van der Waals surface area contributed by atoms with Crippen LogP contribution < -0.4 is 0 Å². The van der Waals surface area contributed by atoms with Crippen molar-refractivity contribution < 1.29 is 9.53 Å². The Balaban J connectivity index is 2.17. The van der Waals surface area contributed by atoms with Crippen LogP contribution in [0.5, 0.6) is 0 Å². The predicted octanol–water partition coefficient (Wildman–Crippen LogP) is 2.25. The Bertz CT molecular complexity index is 403. The Morgan fingerprint density at radius 3 is 2.94 bits per heavy atom. The molecule has 1 aliphatic rings. The Morgan fingerprint density at radius 2 is 2.24 bits per heavy atom. The van der Waals surface area contributed by atoms with E-state index in [-0.39, 0.29) is 11.9 Å². The van der Waals surface area contributed by atoms with Crippen molar-refractivity contribution in [3.05, 3.63) is 35.4 Å². The summed E-state index contributed by atoms with van der Waals surface area (Å²) in [5.74, 6) is 0.141. The number of benzene rings is 1. The molecule has 17 heavy (non-hydrogen) atoms. The molecule has 3 nitrogen and oxygen atoms in total. The molecule has 1 fully saturated rings. The summed E-state index contributed by atoms with van der Waals surface area (Å²) in [4.78, 5) is 14.4. The first-order valence-corrected chi connectivity index (χ1v) is 6.09. The van der Waals surface area contributed by atoms with Gasteiger partial charge in [0.05, 0.1) is 12.6 Å². The zero-order chi connectivity index (χ0) is 12.3. The summed E-state index contributed by atoms with van der Waals surface area (Å²) in [7, 11) is 1.69. The van der Waals surface area contributed by atoms with Crippen LogP contribution in [0.2, 0.25) is 0 Å². The Labute approximate surface area is 102 Å². The molecule has 1 unspecified atom stereocenters. The second kappa shape index (κ2) is 5.32. The van der Waals surface area contributed by atoms with Crippen molar-refractivity contribution in [2.75, 3.05) is 20.3 Å². The van der Waals surface area contributed by atoms with Gasteiger partial charge >= 0.3 is 0 Å². The van der Waals surface area contributed by atoms with Crippen molar-refractivity contribution in [3.8, 4) is 0 Å². The predicted molar refractivity (Wildman–Crippen MR) is 67.1 cm³/mol. The van der Waals surface area contributed by atoms with Crippen LogP contribution in [-0.4, -0.2) is 37.1 Å². The fourth-order valence-corrected chi connectivity index (χ4v) is 2.44. The molecule has 1 heterocycles. The number of hydrogen-bond donors (Lipinski definition) is 0. The van der Waals surface area contributed by atoms with Gasteiger partial charge in [-0.15, -0.1) is 0 Å². The highest BCUT2D eigenvalue weighted by Crippen LogP contribution is 2.21. The average Bonchev–Trinajstić information content (AvgIpc) is 2.78. The van der Waals surface area contributed by atoms with Gasteiger partial charge < -0.3 is 9.64 Å². The number of aryl methyl sites for hydroxylation is 1. The first-order valence-electron chi connectivity index (χ1n) is 6.09. The summed E-state index contributed by atoms with van der Waals surface area (Å²) >= 11 is 0. The fourth-order valence-electron chi connectivity index (χ4n) is 2.44. The van der Waals surface area contributed by atoms with Crippen LogP contribution in [0.4, 0.5) is 0 Å². The average molecular weight is 233 g/mol. The first kappa shape index (κ1) is 12.1. The van der Waals surface area contributed by atoms with Crippen molar-refractivity contribution >= 4 is 5.91 Å². The van der Waals surface area contributed by atoms with Crippen molar-refractivity contribution in [2.24, 2.45) is 0 Å². The quantitative estimate of drug-likeness (QED) is 0.801. The lowest BCUT2D eigenvalue weighted by Crippen LogP contribution is -2.38. The van der Waals surface area contributed by atoms with E-state index in [1.807, 2.05) is 36.1 Å². The number of likely N-dealkylation sites (tertiary alicyclic amines) is 1. The van der Waals surface area contributed by atoms with Gasteiger partial charge in [-0.05, 0) is 31.4 Å². The van der Waals surface area contributed by atoms with Gasteiger partial charge in [0.15, 0.2) is 0 Å². The molecule has 0 bridgehead atoms. The molecule has 0 aliphatic carbocycles. The second-order valence-electron chi connectivity index (χ2n) is 4.56. The van der Waals surface area contributed by atoms with E-state index in [1.165, 1.54) is 0 Å². The van der Waals surface area contributed by atoms with Crippen molar-refractivity contribution in [2.45, 2.75) is 25.8 Å². The number of ether oxygens (including phenoxy) is 1. The molecule has 0 N–H and O–H groups in total. The van der Waals surface area contributed by atoms with Crippen LogP contribution in [0.15, 0.2) is 24.3 Å². The van der Waals surface area contributed by atoms with E-state index in [0.29, 0.717) is 6.61 Å². The van der Waals surface area contributed by atoms with Crippen LogP contribution in [0.3, 0.4) is 0 Å². The van der Waals surface area contributed by atoms with Crippen LogP contribution in [-0.2, 0) is 4.74 Å². The summed E-state index contributed by atoms with van der Waals surface area (Å²) in [6.07, 6.45) is 2.12. The molecular formula is C14H19NO2. The molecule has 0 saturated carbocycles. The summed E-state index contributed by atoms with van der Waals surface area (Å²) < 4.78 is 5.18.